The van der Waals surface area contributed by atoms with E-state index in [1.807, 2.05) is 0 Å². The van der Waals surface area contributed by atoms with E-state index < -0.39 is 5.97 Å². The fraction of sp³-hybridized carbons (Fsp3) is 0.875. The van der Waals surface area contributed by atoms with Crippen molar-refractivity contribution in [3.63, 3.8) is 0 Å². The molecule has 0 saturated heterocycles. The molecule has 0 heterocycles. The second-order valence-corrected chi connectivity index (χ2v) is 3.09. The summed E-state index contributed by atoms with van der Waals surface area (Å²) in [7, 11) is 0. The van der Waals surface area contributed by atoms with Crippen molar-refractivity contribution in [3.05, 3.63) is 0 Å². The summed E-state index contributed by atoms with van der Waals surface area (Å²) in [4.78, 5) is 10.1. The van der Waals surface area contributed by atoms with Crippen LogP contribution in [0, 0.1) is 0 Å². The Morgan fingerprint density at radius 3 is 2.42 bits per heavy atom. The van der Waals surface area contributed by atoms with Gasteiger partial charge in [0.05, 0.1) is 5.97 Å². The Hall–Kier alpha value is 0.430. The number of rotatable bonds is 3. The summed E-state index contributed by atoms with van der Waals surface area (Å²) in [6.45, 7) is 0.00463. The van der Waals surface area contributed by atoms with E-state index in [1.165, 1.54) is 19.3 Å². The maximum atomic E-state index is 10.1. The fourth-order valence-corrected chi connectivity index (χ4v) is 1.53. The van der Waals surface area contributed by atoms with Gasteiger partial charge < -0.3 is 15.2 Å². The van der Waals surface area contributed by atoms with E-state index in [-0.39, 0.29) is 36.1 Å². The van der Waals surface area contributed by atoms with Crippen LogP contribution in [-0.2, 0) is 4.79 Å². The number of carboxylic acid groups (broad SMARTS) is 1. The van der Waals surface area contributed by atoms with Crippen molar-refractivity contribution in [1.82, 2.24) is 5.32 Å². The monoisotopic (exact) mass is 179 g/mol. The molecular weight excluding hydrogens is 165 g/mol. The van der Waals surface area contributed by atoms with Crippen LogP contribution in [0.1, 0.15) is 32.1 Å². The second-order valence-electron chi connectivity index (χ2n) is 3.09. The molecule has 0 aromatic heterocycles. The van der Waals surface area contributed by atoms with Gasteiger partial charge in [-0.1, -0.05) is 19.3 Å². The molecule has 0 spiro atoms. The van der Waals surface area contributed by atoms with Crippen LogP contribution < -0.4 is 40.0 Å². The molecule has 0 amide bonds. The average molecular weight is 179 g/mol. The summed E-state index contributed by atoms with van der Waals surface area (Å²) >= 11 is 0. The van der Waals surface area contributed by atoms with E-state index >= 15 is 0 Å². The van der Waals surface area contributed by atoms with Crippen LogP contribution in [-0.4, -0.2) is 18.6 Å². The molecule has 1 aliphatic rings. The number of carbonyl (C=O) groups is 1. The predicted octanol–water partition coefficient (Wildman–Crippen LogP) is -3.34. The Bertz CT molecular complexity index is 135. The summed E-state index contributed by atoms with van der Waals surface area (Å²) in [5, 5.41) is 13.0. The Kier molecular flexibility index (Phi) is 7.14. The van der Waals surface area contributed by atoms with Crippen LogP contribution in [0.3, 0.4) is 0 Å². The summed E-state index contributed by atoms with van der Waals surface area (Å²) in [6.07, 6.45) is 5.99. The maximum Gasteiger partial charge on any atom is 1.00 e. The smallest absolute Gasteiger partial charge is 0.549 e. The Morgan fingerprint density at radius 2 is 1.92 bits per heavy atom. The second kappa shape index (κ2) is 6.89. The van der Waals surface area contributed by atoms with E-state index in [1.54, 1.807) is 0 Å². The number of carboxylic acids is 1. The van der Waals surface area contributed by atoms with Gasteiger partial charge in [-0.25, -0.2) is 0 Å². The van der Waals surface area contributed by atoms with Crippen molar-refractivity contribution < 1.29 is 39.5 Å². The molecule has 0 atom stereocenters. The Labute approximate surface area is 95.2 Å². The van der Waals surface area contributed by atoms with Gasteiger partial charge in [-0.15, -0.1) is 0 Å². The van der Waals surface area contributed by atoms with Gasteiger partial charge >= 0.3 is 29.6 Å². The molecule has 12 heavy (non-hydrogen) atoms. The molecule has 0 radical (unpaired) electrons. The van der Waals surface area contributed by atoms with Gasteiger partial charge in [0.15, 0.2) is 0 Å². The molecule has 0 aliphatic heterocycles. The average Bonchev–Trinajstić information content (AvgIpc) is 2.03. The Balaban J connectivity index is 0.00000121. The third-order valence-corrected chi connectivity index (χ3v) is 2.14. The molecule has 1 fully saturated rings. The quantitative estimate of drug-likeness (QED) is 0.461. The van der Waals surface area contributed by atoms with Gasteiger partial charge in [-0.2, -0.15) is 0 Å². The van der Waals surface area contributed by atoms with Gasteiger partial charge in [-0.05, 0) is 12.8 Å². The first-order valence-electron chi connectivity index (χ1n) is 4.22. The number of aliphatic carboxylic acids is 1. The van der Waals surface area contributed by atoms with Crippen molar-refractivity contribution >= 4 is 5.97 Å². The van der Waals surface area contributed by atoms with Crippen LogP contribution in [0.25, 0.3) is 0 Å². The zero-order valence-electron chi connectivity index (χ0n) is 7.64. The van der Waals surface area contributed by atoms with Crippen LogP contribution >= 0.6 is 0 Å². The predicted molar refractivity (Wildman–Crippen MR) is 39.9 cm³/mol. The van der Waals surface area contributed by atoms with Gasteiger partial charge in [0.1, 0.15) is 0 Å². The standard InChI is InChI=1S/C8H15NO2.Na/c10-8(11)6-9-7-4-2-1-3-5-7;/h7,9H,1-6H2,(H,10,11);/q;+1/p-1. The fourth-order valence-electron chi connectivity index (χ4n) is 1.53. The molecule has 0 bridgehead atoms. The SMILES string of the molecule is O=C([O-])CNC1CCCCC1.[Na+]. The third kappa shape index (κ3) is 5.14. The van der Waals surface area contributed by atoms with Crippen LogP contribution in [0.4, 0.5) is 0 Å². The van der Waals surface area contributed by atoms with Crippen LogP contribution in [0.2, 0.25) is 0 Å². The first kappa shape index (κ1) is 12.4. The van der Waals surface area contributed by atoms with Crippen LogP contribution in [0.5, 0.6) is 0 Å². The number of carbonyl (C=O) groups excluding carboxylic acids is 1. The third-order valence-electron chi connectivity index (χ3n) is 2.14. The minimum absolute atomic E-state index is 0. The zero-order valence-corrected chi connectivity index (χ0v) is 9.64. The number of hydrogen-bond donors (Lipinski definition) is 1. The minimum atomic E-state index is -1.00. The molecule has 0 aromatic rings. The summed E-state index contributed by atoms with van der Waals surface area (Å²) in [5.74, 6) is -1.00. The molecule has 1 saturated carbocycles. The molecule has 4 heteroatoms. The Morgan fingerprint density at radius 1 is 1.33 bits per heavy atom. The van der Waals surface area contributed by atoms with Crippen molar-refractivity contribution in [1.29, 1.82) is 0 Å². The normalized spacial score (nSPS) is 18.3. The van der Waals surface area contributed by atoms with Crippen molar-refractivity contribution in [2.75, 3.05) is 6.54 Å². The maximum absolute atomic E-state index is 10.1. The molecule has 1 N–H and O–H groups in total. The van der Waals surface area contributed by atoms with Crippen molar-refractivity contribution in [3.8, 4) is 0 Å². The van der Waals surface area contributed by atoms with Crippen molar-refractivity contribution in [2.24, 2.45) is 0 Å². The molecule has 64 valence electrons. The van der Waals surface area contributed by atoms with Crippen molar-refractivity contribution in [2.45, 2.75) is 38.1 Å². The zero-order chi connectivity index (χ0) is 8.10. The van der Waals surface area contributed by atoms with E-state index in [4.69, 9.17) is 0 Å². The van der Waals surface area contributed by atoms with E-state index in [9.17, 15) is 9.90 Å². The summed E-state index contributed by atoms with van der Waals surface area (Å²) < 4.78 is 0. The van der Waals surface area contributed by atoms with Crippen LogP contribution in [0.15, 0.2) is 0 Å². The van der Waals surface area contributed by atoms with Gasteiger partial charge in [-0.3, -0.25) is 0 Å². The summed E-state index contributed by atoms with van der Waals surface area (Å²) in [6, 6.07) is 0.418. The first-order chi connectivity index (χ1) is 5.29. The largest absolute Gasteiger partial charge is 1.00 e. The van der Waals surface area contributed by atoms with E-state index in [0.717, 1.165) is 12.8 Å². The molecule has 0 unspecified atom stereocenters. The number of hydrogen-bond acceptors (Lipinski definition) is 3. The number of nitrogens with one attached hydrogen (secondary N) is 1. The summed E-state index contributed by atoms with van der Waals surface area (Å²) in [5.41, 5.74) is 0. The first-order valence-corrected chi connectivity index (χ1v) is 4.22. The molecule has 0 aromatic carbocycles. The minimum Gasteiger partial charge on any atom is -0.549 e. The molecule has 3 nitrogen and oxygen atoms in total. The van der Waals surface area contributed by atoms with Gasteiger partial charge in [0.25, 0.3) is 0 Å². The van der Waals surface area contributed by atoms with E-state index in [0.29, 0.717) is 6.04 Å². The molecule has 1 aliphatic carbocycles. The topological polar surface area (TPSA) is 52.2 Å². The molecule has 1 rings (SSSR count). The van der Waals surface area contributed by atoms with Gasteiger partial charge in [0, 0.05) is 12.6 Å². The molecular formula is C8H14NNaO2. The van der Waals surface area contributed by atoms with E-state index in [2.05, 4.69) is 5.32 Å². The van der Waals surface area contributed by atoms with Gasteiger partial charge in [0.2, 0.25) is 0 Å².